The van der Waals surface area contributed by atoms with Crippen LogP contribution in [0, 0.1) is 11.6 Å². The number of amides is 2. The van der Waals surface area contributed by atoms with E-state index in [1.807, 2.05) is 0 Å². The molecule has 23 heavy (non-hydrogen) atoms. The Morgan fingerprint density at radius 3 is 2.78 bits per heavy atom. The molecule has 6 nitrogen and oxygen atoms in total. The lowest BCUT2D eigenvalue weighted by molar-refractivity contribution is -0.127. The summed E-state index contributed by atoms with van der Waals surface area (Å²) in [7, 11) is -4.35. The van der Waals surface area contributed by atoms with E-state index in [0.717, 1.165) is 12.5 Å². The summed E-state index contributed by atoms with van der Waals surface area (Å²) in [6.07, 6.45) is 1.87. The fourth-order valence-corrected chi connectivity index (χ4v) is 3.52. The quantitative estimate of drug-likeness (QED) is 0.831. The molecular weight excluding hydrogens is 330 g/mol. The Balaban J connectivity index is 2.09. The molecule has 1 aliphatic rings. The van der Waals surface area contributed by atoms with Crippen molar-refractivity contribution in [3.63, 3.8) is 0 Å². The van der Waals surface area contributed by atoms with Crippen LogP contribution in [0.2, 0.25) is 0 Å². The van der Waals surface area contributed by atoms with Gasteiger partial charge < -0.3 is 10.6 Å². The zero-order valence-corrected chi connectivity index (χ0v) is 13.0. The van der Waals surface area contributed by atoms with Crippen LogP contribution in [0.4, 0.5) is 8.78 Å². The van der Waals surface area contributed by atoms with Crippen LogP contribution in [0.3, 0.4) is 0 Å². The van der Waals surface area contributed by atoms with Crippen molar-refractivity contribution in [1.29, 1.82) is 0 Å². The van der Waals surface area contributed by atoms with Gasteiger partial charge in [-0.1, -0.05) is 0 Å². The monoisotopic (exact) mass is 346 g/mol. The van der Waals surface area contributed by atoms with Gasteiger partial charge in [-0.15, -0.1) is 0 Å². The van der Waals surface area contributed by atoms with Gasteiger partial charge in [0.25, 0.3) is 0 Å². The summed E-state index contributed by atoms with van der Waals surface area (Å²) in [6, 6.07) is 1.16. The molecule has 9 heteroatoms. The Bertz CT molecular complexity index is 721. The predicted molar refractivity (Wildman–Crippen MR) is 77.2 cm³/mol. The first-order valence-electron chi connectivity index (χ1n) is 7.04. The molecule has 1 atom stereocenters. The van der Waals surface area contributed by atoms with Crippen LogP contribution in [-0.4, -0.2) is 38.6 Å². The maximum absolute atomic E-state index is 13.5. The second kappa shape index (κ2) is 7.03. The van der Waals surface area contributed by atoms with E-state index >= 15 is 0 Å². The number of rotatable bonds is 4. The molecule has 0 spiro atoms. The highest BCUT2D eigenvalue weighted by atomic mass is 32.2. The highest BCUT2D eigenvalue weighted by Gasteiger charge is 2.27. The first-order valence-corrected chi connectivity index (χ1v) is 8.70. The number of nitrogens with one attached hydrogen (secondary N) is 2. The van der Waals surface area contributed by atoms with E-state index in [9.17, 15) is 26.8 Å². The van der Waals surface area contributed by atoms with Crippen molar-refractivity contribution in [3.05, 3.63) is 29.8 Å². The molecule has 0 unspecified atom stereocenters. The Morgan fingerprint density at radius 2 is 2.04 bits per heavy atom. The summed E-state index contributed by atoms with van der Waals surface area (Å²) in [4.78, 5) is 22.7. The van der Waals surface area contributed by atoms with Gasteiger partial charge >= 0.3 is 0 Å². The van der Waals surface area contributed by atoms with Gasteiger partial charge in [0, 0.05) is 6.54 Å². The molecule has 1 fully saturated rings. The van der Waals surface area contributed by atoms with Crippen LogP contribution >= 0.6 is 0 Å². The molecule has 2 amide bonds. The van der Waals surface area contributed by atoms with Crippen LogP contribution in [0.15, 0.2) is 23.1 Å². The van der Waals surface area contributed by atoms with Crippen molar-refractivity contribution in [2.45, 2.75) is 30.2 Å². The van der Waals surface area contributed by atoms with Crippen LogP contribution < -0.4 is 10.6 Å². The number of hydrogen-bond donors (Lipinski definition) is 2. The number of hydrogen-bond acceptors (Lipinski definition) is 4. The first kappa shape index (κ1) is 17.3. The second-order valence-corrected chi connectivity index (χ2v) is 7.20. The minimum absolute atomic E-state index is 0.384. The highest BCUT2D eigenvalue weighted by molar-refractivity contribution is 7.92. The van der Waals surface area contributed by atoms with E-state index in [2.05, 4.69) is 10.6 Å². The van der Waals surface area contributed by atoms with Crippen LogP contribution in [0.25, 0.3) is 0 Å². The van der Waals surface area contributed by atoms with Crippen molar-refractivity contribution < 1.29 is 26.8 Å². The van der Waals surface area contributed by atoms with Crippen molar-refractivity contribution in [3.8, 4) is 0 Å². The molecule has 126 valence electrons. The molecule has 2 rings (SSSR count). The lowest BCUT2D eigenvalue weighted by atomic mass is 10.1. The fourth-order valence-electron chi connectivity index (χ4n) is 2.28. The minimum atomic E-state index is -4.35. The zero-order valence-electron chi connectivity index (χ0n) is 12.1. The maximum Gasteiger partial charge on any atom is 0.242 e. The molecule has 0 radical (unpaired) electrons. The maximum atomic E-state index is 13.5. The van der Waals surface area contributed by atoms with Crippen molar-refractivity contribution in [2.24, 2.45) is 0 Å². The van der Waals surface area contributed by atoms with Crippen LogP contribution in [-0.2, 0) is 19.4 Å². The van der Waals surface area contributed by atoms with Gasteiger partial charge in [0.05, 0.1) is 0 Å². The highest BCUT2D eigenvalue weighted by Crippen LogP contribution is 2.17. The van der Waals surface area contributed by atoms with E-state index in [0.29, 0.717) is 31.5 Å². The van der Waals surface area contributed by atoms with E-state index in [1.54, 1.807) is 0 Å². The Kier molecular flexibility index (Phi) is 5.30. The zero-order chi connectivity index (χ0) is 17.0. The van der Waals surface area contributed by atoms with E-state index in [1.165, 1.54) is 0 Å². The summed E-state index contributed by atoms with van der Waals surface area (Å²) < 4.78 is 50.7. The third-order valence-corrected chi connectivity index (χ3v) is 5.05. The molecule has 1 saturated heterocycles. The number of halogens is 2. The van der Waals surface area contributed by atoms with Crippen LogP contribution in [0.1, 0.15) is 19.3 Å². The average Bonchev–Trinajstić information content (AvgIpc) is 2.66. The van der Waals surface area contributed by atoms with Gasteiger partial charge in [0.15, 0.2) is 9.84 Å². The van der Waals surface area contributed by atoms with Crippen molar-refractivity contribution >= 4 is 21.7 Å². The molecule has 1 aromatic rings. The molecule has 1 heterocycles. The normalized spacial score (nSPS) is 18.9. The molecule has 1 aliphatic heterocycles. The van der Waals surface area contributed by atoms with Gasteiger partial charge in [0.1, 0.15) is 28.3 Å². The molecule has 0 aliphatic carbocycles. The summed E-state index contributed by atoms with van der Waals surface area (Å²) >= 11 is 0. The van der Waals surface area contributed by atoms with Crippen molar-refractivity contribution in [1.82, 2.24) is 10.6 Å². The molecule has 1 aromatic carbocycles. The smallest absolute Gasteiger partial charge is 0.242 e. The standard InChI is InChI=1S/C14H16F2N2O4S/c15-9-4-5-10(16)12(7-9)23(21,22)8-13(19)18-11-3-1-2-6-17-14(11)20/h4-5,7,11H,1-3,6,8H2,(H,17,20)(H,18,19)/t11-/m0/s1. The van der Waals surface area contributed by atoms with Crippen molar-refractivity contribution in [2.75, 3.05) is 12.3 Å². The summed E-state index contributed by atoms with van der Waals surface area (Å²) in [5.74, 6) is -4.43. The third-order valence-electron chi connectivity index (χ3n) is 3.42. The minimum Gasteiger partial charge on any atom is -0.354 e. The number of carbonyl (C=O) groups is 2. The van der Waals surface area contributed by atoms with Gasteiger partial charge in [-0.25, -0.2) is 17.2 Å². The lowest BCUT2D eigenvalue weighted by Crippen LogP contribution is -2.47. The van der Waals surface area contributed by atoms with Crippen LogP contribution in [0.5, 0.6) is 0 Å². The summed E-state index contributed by atoms with van der Waals surface area (Å²) in [6.45, 7) is 0.498. The van der Waals surface area contributed by atoms with E-state index in [4.69, 9.17) is 0 Å². The molecule has 0 aromatic heterocycles. The Labute approximate surface area is 132 Å². The number of carbonyl (C=O) groups excluding carboxylic acids is 2. The third kappa shape index (κ3) is 4.47. The lowest BCUT2D eigenvalue weighted by Gasteiger charge is -2.15. The van der Waals surface area contributed by atoms with E-state index < -0.39 is 44.1 Å². The van der Waals surface area contributed by atoms with Gasteiger partial charge in [0.2, 0.25) is 11.8 Å². The van der Waals surface area contributed by atoms with E-state index in [-0.39, 0.29) is 5.91 Å². The fraction of sp³-hybridized carbons (Fsp3) is 0.429. The SMILES string of the molecule is O=C(CS(=O)(=O)c1cc(F)ccc1F)N[C@H]1CCCCNC1=O. The summed E-state index contributed by atoms with van der Waals surface area (Å²) in [5, 5.41) is 4.92. The average molecular weight is 346 g/mol. The Hall–Kier alpha value is -2.03. The first-order chi connectivity index (χ1) is 10.8. The van der Waals surface area contributed by atoms with Gasteiger partial charge in [-0.2, -0.15) is 0 Å². The Morgan fingerprint density at radius 1 is 1.30 bits per heavy atom. The molecule has 0 saturated carbocycles. The van der Waals surface area contributed by atoms with Gasteiger partial charge in [-0.3, -0.25) is 9.59 Å². The van der Waals surface area contributed by atoms with Gasteiger partial charge in [-0.05, 0) is 37.5 Å². The summed E-state index contributed by atoms with van der Waals surface area (Å²) in [5.41, 5.74) is 0. The second-order valence-electron chi connectivity index (χ2n) is 5.24. The number of benzene rings is 1. The molecule has 0 bridgehead atoms. The molecular formula is C14H16F2N2O4S. The largest absolute Gasteiger partial charge is 0.354 e. The predicted octanol–water partition coefficient (Wildman–Crippen LogP) is 0.523. The topological polar surface area (TPSA) is 92.3 Å². The molecule has 2 N–H and O–H groups in total. The number of sulfone groups is 1.